The van der Waals surface area contributed by atoms with E-state index in [0.29, 0.717) is 11.1 Å². The van der Waals surface area contributed by atoms with Crippen molar-refractivity contribution in [3.05, 3.63) is 106 Å². The van der Waals surface area contributed by atoms with Gasteiger partial charge in [-0.05, 0) is 51.0 Å². The number of hydrogen-bond acceptors (Lipinski definition) is 3. The molecular weight excluding hydrogens is 384 g/mol. The Labute approximate surface area is 185 Å². The van der Waals surface area contributed by atoms with Gasteiger partial charge >= 0.3 is 0 Å². The lowest BCUT2D eigenvalue weighted by Crippen LogP contribution is -2.32. The van der Waals surface area contributed by atoms with Crippen molar-refractivity contribution in [2.24, 2.45) is 5.73 Å². The smallest absolute Gasteiger partial charge is 0.262 e. The number of carbonyl (C=O) groups excluding carboxylic acids is 2. The van der Waals surface area contributed by atoms with Gasteiger partial charge in [0.2, 0.25) is 0 Å². The van der Waals surface area contributed by atoms with E-state index in [2.05, 4.69) is 31.2 Å². The van der Waals surface area contributed by atoms with Crippen molar-refractivity contribution in [1.29, 1.82) is 0 Å². The normalized spacial score (nSPS) is 14.2. The fraction of sp³-hybridized carbons (Fsp3) is 0.259. The van der Waals surface area contributed by atoms with Crippen molar-refractivity contribution in [2.75, 3.05) is 0 Å². The summed E-state index contributed by atoms with van der Waals surface area (Å²) < 4.78 is 0. The van der Waals surface area contributed by atoms with Crippen LogP contribution in [0, 0.1) is 13.8 Å². The van der Waals surface area contributed by atoms with E-state index in [-0.39, 0.29) is 31.3 Å². The number of benzene rings is 3. The number of rotatable bonds is 3. The van der Waals surface area contributed by atoms with Gasteiger partial charge in [-0.25, -0.2) is 0 Å². The summed E-state index contributed by atoms with van der Waals surface area (Å²) in [5.74, 6) is -0.419. The van der Waals surface area contributed by atoms with E-state index >= 15 is 0 Å². The number of fused-ring (bicyclic) bond motifs is 1. The van der Waals surface area contributed by atoms with Crippen molar-refractivity contribution < 1.29 is 9.59 Å². The van der Waals surface area contributed by atoms with Crippen LogP contribution in [-0.2, 0) is 0 Å². The lowest BCUT2D eigenvalue weighted by molar-refractivity contribution is 0.0595. The highest BCUT2D eigenvalue weighted by atomic mass is 16.2. The van der Waals surface area contributed by atoms with E-state index in [1.54, 1.807) is 24.3 Å². The fourth-order valence-corrected chi connectivity index (χ4v) is 3.42. The summed E-state index contributed by atoms with van der Waals surface area (Å²) in [7, 11) is 0. The molecule has 0 unspecified atom stereocenters. The van der Waals surface area contributed by atoms with Crippen LogP contribution < -0.4 is 5.73 Å². The number of nitrogens with zero attached hydrogens (tertiary/aromatic N) is 1. The number of nitrogens with two attached hydrogens (primary N) is 1. The molecule has 1 aliphatic rings. The third-order valence-electron chi connectivity index (χ3n) is 5.38. The zero-order valence-corrected chi connectivity index (χ0v) is 17.9. The molecule has 0 radical (unpaired) electrons. The zero-order valence-electron chi connectivity index (χ0n) is 17.9. The molecule has 162 valence electrons. The molecule has 0 saturated carbocycles. The van der Waals surface area contributed by atoms with Crippen molar-refractivity contribution in [1.82, 2.24) is 4.90 Å². The molecule has 4 heteroatoms. The van der Waals surface area contributed by atoms with Gasteiger partial charge in [0.1, 0.15) is 0 Å². The number of aryl methyl sites for hydroxylation is 2. The molecule has 0 bridgehead atoms. The third-order valence-corrected chi connectivity index (χ3v) is 5.38. The Morgan fingerprint density at radius 3 is 1.45 bits per heavy atom. The summed E-state index contributed by atoms with van der Waals surface area (Å²) in [5, 5.41) is 0. The van der Waals surface area contributed by atoms with E-state index in [0.717, 1.165) is 11.1 Å². The molecule has 4 rings (SSSR count). The Morgan fingerprint density at radius 2 is 1.06 bits per heavy atom. The maximum absolute atomic E-state index is 12.4. The quantitative estimate of drug-likeness (QED) is 0.532. The van der Waals surface area contributed by atoms with Gasteiger partial charge in [0.25, 0.3) is 11.8 Å². The van der Waals surface area contributed by atoms with Crippen LogP contribution in [0.3, 0.4) is 0 Å². The molecule has 0 spiro atoms. The molecule has 2 amide bonds. The van der Waals surface area contributed by atoms with Gasteiger partial charge in [-0.1, -0.05) is 79.2 Å². The van der Waals surface area contributed by atoms with E-state index < -0.39 is 0 Å². The summed E-state index contributed by atoms with van der Waals surface area (Å²) in [4.78, 5) is 26.1. The maximum atomic E-state index is 12.4. The molecule has 1 aliphatic heterocycles. The van der Waals surface area contributed by atoms with Gasteiger partial charge in [-0.15, -0.1) is 0 Å². The Hall–Kier alpha value is -3.24. The highest BCUT2D eigenvalue weighted by Crippen LogP contribution is 2.31. The number of amides is 2. The van der Waals surface area contributed by atoms with Crippen LogP contribution in [0.4, 0.5) is 0 Å². The molecule has 0 saturated heterocycles. The Balaban J connectivity index is 0.000000264. The lowest BCUT2D eigenvalue weighted by atomic mass is 10.1. The van der Waals surface area contributed by atoms with E-state index in [4.69, 9.17) is 5.73 Å². The summed E-state index contributed by atoms with van der Waals surface area (Å²) in [6.07, 6.45) is 0. The molecule has 2 atom stereocenters. The Kier molecular flexibility index (Phi) is 7.89. The van der Waals surface area contributed by atoms with Crippen LogP contribution in [0.5, 0.6) is 0 Å². The highest BCUT2D eigenvalue weighted by Gasteiger charge is 2.38. The minimum Gasteiger partial charge on any atom is -0.324 e. The molecule has 1 heterocycles. The molecule has 3 aromatic carbocycles. The minimum absolute atomic E-state index is 0. The first-order valence-corrected chi connectivity index (χ1v) is 10.1. The molecule has 4 nitrogen and oxygen atoms in total. The maximum Gasteiger partial charge on any atom is 0.262 e. The van der Waals surface area contributed by atoms with Crippen molar-refractivity contribution in [2.45, 2.75) is 47.2 Å². The number of carbonyl (C=O) groups is 2. The average molecular weight is 417 g/mol. The molecule has 0 fully saturated rings. The zero-order chi connectivity index (χ0) is 21.8. The summed E-state index contributed by atoms with van der Waals surface area (Å²) >= 11 is 0. The van der Waals surface area contributed by atoms with Crippen LogP contribution in [-0.4, -0.2) is 16.7 Å². The first-order valence-electron chi connectivity index (χ1n) is 10.1. The standard InChI is InChI=1S/C17H15NO2.C9H13N.CH4/c1-11-7-9-13(10-8-11)12(2)18-16(19)14-5-3-4-6-15(14)17(18)20;1-7-3-5-9(6-4-7)8(2)10;/h3-10,12H,1-2H3;3-6,8H,10H2,1-2H3;1H4/t12-;8-;/m00./s1. The van der Waals surface area contributed by atoms with E-state index in [9.17, 15) is 9.59 Å². The first-order chi connectivity index (χ1) is 14.3. The van der Waals surface area contributed by atoms with E-state index in [1.165, 1.54) is 16.0 Å². The summed E-state index contributed by atoms with van der Waals surface area (Å²) in [5.41, 5.74) is 11.3. The summed E-state index contributed by atoms with van der Waals surface area (Å²) in [6, 6.07) is 23.1. The van der Waals surface area contributed by atoms with Crippen LogP contribution >= 0.6 is 0 Å². The molecule has 0 aliphatic carbocycles. The highest BCUT2D eigenvalue weighted by molar-refractivity contribution is 6.21. The van der Waals surface area contributed by atoms with Crippen molar-refractivity contribution in [3.63, 3.8) is 0 Å². The molecular formula is C27H32N2O2. The van der Waals surface area contributed by atoms with Gasteiger partial charge in [-0.2, -0.15) is 0 Å². The van der Waals surface area contributed by atoms with Crippen LogP contribution in [0.2, 0.25) is 0 Å². The predicted molar refractivity (Wildman–Crippen MR) is 127 cm³/mol. The fourth-order valence-electron chi connectivity index (χ4n) is 3.42. The minimum atomic E-state index is -0.261. The van der Waals surface area contributed by atoms with Gasteiger partial charge < -0.3 is 5.73 Å². The second-order valence-corrected chi connectivity index (χ2v) is 7.81. The van der Waals surface area contributed by atoms with Gasteiger partial charge in [0, 0.05) is 6.04 Å². The third kappa shape index (κ3) is 5.28. The topological polar surface area (TPSA) is 63.4 Å². The largest absolute Gasteiger partial charge is 0.324 e. The van der Waals surface area contributed by atoms with Gasteiger partial charge in [0.15, 0.2) is 0 Å². The average Bonchev–Trinajstić information content (AvgIpc) is 2.99. The monoisotopic (exact) mass is 416 g/mol. The van der Waals surface area contributed by atoms with Crippen LogP contribution in [0.1, 0.15) is 76.3 Å². The SMILES string of the molecule is C.Cc1ccc([C@H](C)N)cc1.Cc1ccc([C@H](C)N2C(=O)c3ccccc3C2=O)cc1. The van der Waals surface area contributed by atoms with Crippen molar-refractivity contribution in [3.8, 4) is 0 Å². The van der Waals surface area contributed by atoms with Gasteiger partial charge in [-0.3, -0.25) is 14.5 Å². The first kappa shape index (κ1) is 24.0. The molecule has 3 aromatic rings. The second kappa shape index (κ2) is 10.2. The lowest BCUT2D eigenvalue weighted by Gasteiger charge is -2.23. The number of hydrogen-bond donors (Lipinski definition) is 1. The van der Waals surface area contributed by atoms with E-state index in [1.807, 2.05) is 45.0 Å². The van der Waals surface area contributed by atoms with Crippen LogP contribution in [0.25, 0.3) is 0 Å². The second-order valence-electron chi connectivity index (χ2n) is 7.81. The molecule has 31 heavy (non-hydrogen) atoms. The molecule has 0 aromatic heterocycles. The van der Waals surface area contributed by atoms with Gasteiger partial charge in [0.05, 0.1) is 17.2 Å². The molecule has 2 N–H and O–H groups in total. The Bertz CT molecular complexity index is 1000. The van der Waals surface area contributed by atoms with Crippen LogP contribution in [0.15, 0.2) is 72.8 Å². The summed E-state index contributed by atoms with van der Waals surface area (Å²) in [6.45, 7) is 7.96. The predicted octanol–water partition coefficient (Wildman–Crippen LogP) is 6.00. The van der Waals surface area contributed by atoms with Crippen molar-refractivity contribution >= 4 is 11.8 Å². The number of imide groups is 1. The Morgan fingerprint density at radius 1 is 0.677 bits per heavy atom.